The van der Waals surface area contributed by atoms with Gasteiger partial charge in [-0.2, -0.15) is 0 Å². The van der Waals surface area contributed by atoms with Gasteiger partial charge in [0, 0.05) is 90.5 Å². The summed E-state index contributed by atoms with van der Waals surface area (Å²) in [6, 6.07) is 23.8. The molecule has 320 valence electrons. The van der Waals surface area contributed by atoms with Gasteiger partial charge in [-0.1, -0.05) is 79.2 Å². The second kappa shape index (κ2) is 17.3. The van der Waals surface area contributed by atoms with Crippen LogP contribution in [0.3, 0.4) is 0 Å². The first-order chi connectivity index (χ1) is 29.2. The number of aromatic nitrogens is 1. The van der Waals surface area contributed by atoms with Crippen molar-refractivity contribution in [3.8, 4) is 11.5 Å². The molecule has 2 N–H and O–H groups in total. The summed E-state index contributed by atoms with van der Waals surface area (Å²) in [5.74, 6) is 0.705. The Balaban J connectivity index is 1.04. The number of nitrogens with zero attached hydrogens (tertiary/aromatic N) is 4. The van der Waals surface area contributed by atoms with E-state index in [0.717, 1.165) is 26.9 Å². The first-order valence-electron chi connectivity index (χ1n) is 20.0. The van der Waals surface area contributed by atoms with Gasteiger partial charge in [0.15, 0.2) is 0 Å². The summed E-state index contributed by atoms with van der Waals surface area (Å²) in [4.78, 5) is 72.0. The summed E-state index contributed by atoms with van der Waals surface area (Å²) in [5.41, 5.74) is 1.05. The lowest BCUT2D eigenvalue weighted by molar-refractivity contribution is -0.153. The van der Waals surface area contributed by atoms with Crippen molar-refractivity contribution in [1.82, 2.24) is 9.88 Å². The molecular formula is C44H45Cl2N4O8PS2. The number of amides is 3. The van der Waals surface area contributed by atoms with E-state index in [-0.39, 0.29) is 60.5 Å². The molecule has 0 spiro atoms. The van der Waals surface area contributed by atoms with Crippen molar-refractivity contribution < 1.29 is 38.0 Å². The molecule has 12 nitrogen and oxygen atoms in total. The number of carbonyl (C=O) groups is 3. The Hall–Kier alpha value is -4.01. The van der Waals surface area contributed by atoms with Crippen molar-refractivity contribution in [2.75, 3.05) is 54.0 Å². The second-order valence-corrected chi connectivity index (χ2v) is 20.4. The molecule has 0 bridgehead atoms. The molecule has 2 atom stereocenters. The fraction of sp³-hybridized carbons (Fsp3) is 0.364. The number of ether oxygens (including phenoxy) is 1. The van der Waals surface area contributed by atoms with Crippen LogP contribution in [0.5, 0.6) is 11.5 Å². The number of anilines is 2. The highest BCUT2D eigenvalue weighted by molar-refractivity contribution is 8.76. The number of hydrogen-bond donors (Lipinski definition) is 2. The average Bonchev–Trinajstić information content (AvgIpc) is 3.81. The summed E-state index contributed by atoms with van der Waals surface area (Å²) < 4.78 is 23.3. The molecule has 61 heavy (non-hydrogen) atoms. The third-order valence-electron chi connectivity index (χ3n) is 12.2. The Morgan fingerprint density at radius 2 is 1.39 bits per heavy atom. The van der Waals surface area contributed by atoms with Crippen LogP contribution in [-0.4, -0.2) is 81.8 Å². The molecule has 3 aliphatic rings. The first-order valence-corrected chi connectivity index (χ1v) is 24.9. The number of carbonyl (C=O) groups excluding carboxylic acids is 3. The second-order valence-electron chi connectivity index (χ2n) is 16.2. The lowest BCUT2D eigenvalue weighted by atomic mass is 9.51. The number of benzene rings is 4. The van der Waals surface area contributed by atoms with Crippen LogP contribution in [0.1, 0.15) is 56.1 Å². The Kier molecular flexibility index (Phi) is 12.4. The number of fused-ring (bicyclic) bond motifs is 6. The number of phosphoric acid groups is 1. The van der Waals surface area contributed by atoms with Crippen LogP contribution < -0.4 is 19.1 Å². The SMILES string of the molecule is CCC1(C(=O)N2C[C@@H](CCl)c3c2cc(OC(=O)N(C)CCSSc2ccccn2)c2ccccc32)CC(C)(C(=O)N2C[C@@H](CCl)c3c2cc(OP(=O)(O)O)c2ccccc32)C1. The summed E-state index contributed by atoms with van der Waals surface area (Å²) in [7, 11) is -0.111. The van der Waals surface area contributed by atoms with E-state index < -0.39 is 24.7 Å². The van der Waals surface area contributed by atoms with Crippen molar-refractivity contribution in [2.24, 2.45) is 10.8 Å². The zero-order chi connectivity index (χ0) is 43.3. The largest absolute Gasteiger partial charge is 0.524 e. The van der Waals surface area contributed by atoms with Crippen molar-refractivity contribution in [3.05, 3.63) is 96.2 Å². The van der Waals surface area contributed by atoms with Crippen LogP contribution in [0.25, 0.3) is 21.5 Å². The Labute approximate surface area is 371 Å². The molecule has 17 heteroatoms. The van der Waals surface area contributed by atoms with Crippen LogP contribution in [0, 0.1) is 10.8 Å². The van der Waals surface area contributed by atoms with E-state index in [9.17, 15) is 23.9 Å². The smallest absolute Gasteiger partial charge is 0.409 e. The maximum absolute atomic E-state index is 15.0. The molecule has 1 saturated carbocycles. The third kappa shape index (κ3) is 8.21. The summed E-state index contributed by atoms with van der Waals surface area (Å²) in [6.45, 7) is 4.88. The molecule has 0 saturated heterocycles. The Bertz CT molecular complexity index is 2580. The standard InChI is InChI=1S/C44H45Cl2N4O8PS2/c1-4-44(25-43(2,26-44)40(51)49-23-27(21-45)39-32-14-8-6-12-30(32)36(20-34(39)49)58-59(54,55)56)41(52)50-24-28(22-46)38-31-13-7-5-11-29(31)35(19-33(38)50)57-42(53)48(3)17-18-60-61-37-15-9-10-16-47-37/h5-16,19-20,27-28H,4,17-18,21-26H2,1-3H3,(H2,54,55,56)/t27-,28-,43?,44?/m1/s1. The van der Waals surface area contributed by atoms with Gasteiger partial charge in [0.05, 0.1) is 16.8 Å². The minimum absolute atomic E-state index is 0.0342. The first kappa shape index (κ1) is 43.6. The average molecular weight is 924 g/mol. The summed E-state index contributed by atoms with van der Waals surface area (Å²) in [5, 5.41) is 3.68. The van der Waals surface area contributed by atoms with E-state index in [1.165, 1.54) is 11.0 Å². The van der Waals surface area contributed by atoms with Crippen LogP contribution in [0.15, 0.2) is 90.1 Å². The molecule has 2 aliphatic heterocycles. The van der Waals surface area contributed by atoms with Crippen molar-refractivity contribution in [3.63, 3.8) is 0 Å². The van der Waals surface area contributed by atoms with E-state index in [4.69, 9.17) is 32.5 Å². The van der Waals surface area contributed by atoms with Crippen molar-refractivity contribution in [1.29, 1.82) is 0 Å². The molecule has 5 aromatic rings. The van der Waals surface area contributed by atoms with Gasteiger partial charge in [0.2, 0.25) is 11.8 Å². The minimum atomic E-state index is -4.94. The minimum Gasteiger partial charge on any atom is -0.409 e. The van der Waals surface area contributed by atoms with Gasteiger partial charge in [-0.25, -0.2) is 14.3 Å². The molecule has 1 fully saturated rings. The highest BCUT2D eigenvalue weighted by Crippen LogP contribution is 2.61. The van der Waals surface area contributed by atoms with E-state index in [2.05, 4.69) is 4.98 Å². The van der Waals surface area contributed by atoms with E-state index >= 15 is 4.79 Å². The van der Waals surface area contributed by atoms with Crippen LogP contribution >= 0.6 is 52.6 Å². The molecule has 3 heterocycles. The normalized spacial score (nSPS) is 21.9. The van der Waals surface area contributed by atoms with Gasteiger partial charge in [0.1, 0.15) is 16.5 Å². The van der Waals surface area contributed by atoms with E-state index in [0.29, 0.717) is 53.2 Å². The van der Waals surface area contributed by atoms with Gasteiger partial charge in [-0.3, -0.25) is 19.4 Å². The third-order valence-corrected chi connectivity index (χ3v) is 15.7. The molecule has 4 aromatic carbocycles. The maximum atomic E-state index is 15.0. The quantitative estimate of drug-likeness (QED) is 0.0503. The fourth-order valence-electron chi connectivity index (χ4n) is 9.44. The molecule has 0 unspecified atom stereocenters. The number of alkyl halides is 2. The molecule has 3 amide bonds. The highest BCUT2D eigenvalue weighted by atomic mass is 35.5. The van der Waals surface area contributed by atoms with Crippen LogP contribution in [-0.2, 0) is 14.2 Å². The van der Waals surface area contributed by atoms with E-state index in [1.54, 1.807) is 62.8 Å². The lowest BCUT2D eigenvalue weighted by Gasteiger charge is -2.54. The number of hydrogen-bond acceptors (Lipinski definition) is 9. The summed E-state index contributed by atoms with van der Waals surface area (Å²) in [6.07, 6.45) is 2.25. The monoisotopic (exact) mass is 922 g/mol. The predicted octanol–water partition coefficient (Wildman–Crippen LogP) is 9.97. The van der Waals surface area contributed by atoms with Crippen molar-refractivity contribution >= 4 is 103 Å². The number of halogens is 2. The fourth-order valence-corrected chi connectivity index (χ4v) is 12.3. The Morgan fingerprint density at radius 3 is 1.93 bits per heavy atom. The zero-order valence-corrected chi connectivity index (χ0v) is 37.8. The van der Waals surface area contributed by atoms with Gasteiger partial charge < -0.3 is 24.0 Å². The van der Waals surface area contributed by atoms with Gasteiger partial charge >= 0.3 is 13.9 Å². The summed E-state index contributed by atoms with van der Waals surface area (Å²) >= 11 is 13.1. The van der Waals surface area contributed by atoms with Gasteiger partial charge in [0.25, 0.3) is 0 Å². The number of phosphoric ester groups is 1. The molecule has 8 rings (SSSR count). The van der Waals surface area contributed by atoms with E-state index in [1.807, 2.05) is 68.4 Å². The molecule has 1 aliphatic carbocycles. The van der Waals surface area contributed by atoms with Gasteiger partial charge in [-0.15, -0.1) is 23.2 Å². The Morgan fingerprint density at radius 1 is 0.852 bits per heavy atom. The number of rotatable bonds is 13. The van der Waals surface area contributed by atoms with Crippen LogP contribution in [0.4, 0.5) is 16.2 Å². The van der Waals surface area contributed by atoms with Gasteiger partial charge in [-0.05, 0) is 64.1 Å². The zero-order valence-electron chi connectivity index (χ0n) is 33.8. The van der Waals surface area contributed by atoms with Crippen LogP contribution in [0.2, 0.25) is 0 Å². The lowest BCUT2D eigenvalue weighted by Crippen LogP contribution is -2.60. The maximum Gasteiger partial charge on any atom is 0.524 e. The molecule has 1 aromatic heterocycles. The molecule has 0 radical (unpaired) electrons. The number of pyridine rings is 1. The van der Waals surface area contributed by atoms with Crippen molar-refractivity contribution in [2.45, 2.75) is 50.0 Å². The topological polar surface area (TPSA) is 150 Å². The predicted molar refractivity (Wildman–Crippen MR) is 243 cm³/mol. The molecular weight excluding hydrogens is 879 g/mol. The highest BCUT2D eigenvalue weighted by Gasteiger charge is 2.62.